The van der Waals surface area contributed by atoms with Crippen LogP contribution < -0.4 is 10.6 Å². The third kappa shape index (κ3) is 4.98. The van der Waals surface area contributed by atoms with Gasteiger partial charge >= 0.3 is 0 Å². The molecule has 21 heavy (non-hydrogen) atoms. The molecule has 1 saturated heterocycles. The molecule has 1 fully saturated rings. The molecule has 0 bridgehead atoms. The van der Waals surface area contributed by atoms with Gasteiger partial charge in [-0.1, -0.05) is 0 Å². The van der Waals surface area contributed by atoms with Gasteiger partial charge in [0.05, 0.1) is 12.3 Å². The van der Waals surface area contributed by atoms with Crippen LogP contribution in [0.4, 0.5) is 0 Å². The van der Waals surface area contributed by atoms with Crippen molar-refractivity contribution in [2.75, 3.05) is 31.9 Å². The van der Waals surface area contributed by atoms with Crippen LogP contribution in [0.2, 0.25) is 0 Å². The first-order valence-electron chi connectivity index (χ1n) is 7.13. The van der Waals surface area contributed by atoms with Crippen molar-refractivity contribution in [3.63, 3.8) is 0 Å². The van der Waals surface area contributed by atoms with E-state index in [0.29, 0.717) is 26.2 Å². The molecule has 2 rings (SSSR count). The van der Waals surface area contributed by atoms with Crippen LogP contribution in [0.3, 0.4) is 0 Å². The minimum atomic E-state index is -3.01. The highest BCUT2D eigenvalue weighted by Gasteiger charge is 2.27. The van der Waals surface area contributed by atoms with Crippen LogP contribution in [0.1, 0.15) is 18.9 Å². The van der Waals surface area contributed by atoms with Gasteiger partial charge in [-0.3, -0.25) is 0 Å². The zero-order valence-electron chi connectivity index (χ0n) is 12.2. The van der Waals surface area contributed by atoms with Crippen LogP contribution in [-0.4, -0.2) is 50.6 Å². The molecular formula is C13H22N4O2S2. The highest BCUT2D eigenvalue weighted by Crippen LogP contribution is 2.11. The molecule has 1 aliphatic heterocycles. The van der Waals surface area contributed by atoms with Crippen LogP contribution in [0.25, 0.3) is 0 Å². The third-order valence-corrected chi connectivity index (χ3v) is 5.89. The molecule has 118 valence electrons. The molecule has 0 spiro atoms. The summed E-state index contributed by atoms with van der Waals surface area (Å²) in [6.45, 7) is 5.09. The highest BCUT2D eigenvalue weighted by atomic mass is 32.2. The van der Waals surface area contributed by atoms with Crippen molar-refractivity contribution in [1.82, 2.24) is 14.9 Å². The second kappa shape index (κ2) is 7.77. The van der Waals surface area contributed by atoms with Gasteiger partial charge in [0.1, 0.15) is 0 Å². The molecule has 0 radical (unpaired) electrons. The molecule has 0 unspecified atom stereocenters. The zero-order valence-corrected chi connectivity index (χ0v) is 13.8. The van der Waals surface area contributed by atoms with E-state index in [1.165, 1.54) is 5.56 Å². The van der Waals surface area contributed by atoms with Gasteiger partial charge in [-0.15, -0.1) is 0 Å². The average molecular weight is 330 g/mol. The normalized spacial score (nSPS) is 18.8. The Labute approximate surface area is 130 Å². The van der Waals surface area contributed by atoms with Crippen LogP contribution in [0.5, 0.6) is 0 Å². The van der Waals surface area contributed by atoms with Gasteiger partial charge in [0.25, 0.3) is 0 Å². The lowest BCUT2D eigenvalue weighted by Crippen LogP contribution is -2.42. The van der Waals surface area contributed by atoms with Crippen molar-refractivity contribution in [2.45, 2.75) is 19.9 Å². The largest absolute Gasteiger partial charge is 0.357 e. The van der Waals surface area contributed by atoms with Gasteiger partial charge < -0.3 is 10.6 Å². The lowest BCUT2D eigenvalue weighted by atomic mass is 10.3. The van der Waals surface area contributed by atoms with Gasteiger partial charge in [-0.25, -0.2) is 17.7 Å². The number of guanidine groups is 1. The maximum Gasteiger partial charge on any atom is 0.214 e. The fourth-order valence-electron chi connectivity index (χ4n) is 2.14. The molecular weight excluding hydrogens is 308 g/mol. The molecule has 0 amide bonds. The summed E-state index contributed by atoms with van der Waals surface area (Å²) in [5, 5.41) is 10.5. The first-order chi connectivity index (χ1) is 10.1. The minimum Gasteiger partial charge on any atom is -0.357 e. The molecule has 1 aliphatic rings. The summed E-state index contributed by atoms with van der Waals surface area (Å²) in [5.74, 6) is 1.000. The SMILES string of the molecule is CCNC(=NCc1ccsc1)NCCN1CCCS1(=O)=O. The Kier molecular flexibility index (Phi) is 6.01. The van der Waals surface area contributed by atoms with E-state index in [1.54, 1.807) is 15.6 Å². The Morgan fingerprint density at radius 3 is 2.95 bits per heavy atom. The Hall–Kier alpha value is -1.12. The van der Waals surface area contributed by atoms with E-state index in [9.17, 15) is 8.42 Å². The number of rotatable bonds is 6. The molecule has 2 heterocycles. The second-order valence-corrected chi connectivity index (χ2v) is 7.69. The molecule has 1 aromatic rings. The number of aliphatic imine (C=N–C) groups is 1. The summed E-state index contributed by atoms with van der Waals surface area (Å²) in [6, 6.07) is 2.05. The molecule has 2 N–H and O–H groups in total. The first kappa shape index (κ1) is 16.3. The van der Waals surface area contributed by atoms with Crippen molar-refractivity contribution in [3.8, 4) is 0 Å². The zero-order chi connectivity index (χ0) is 15.1. The summed E-state index contributed by atoms with van der Waals surface area (Å²) in [4.78, 5) is 4.49. The summed E-state index contributed by atoms with van der Waals surface area (Å²) in [7, 11) is -3.01. The van der Waals surface area contributed by atoms with E-state index in [2.05, 4.69) is 27.1 Å². The fraction of sp³-hybridized carbons (Fsp3) is 0.615. The van der Waals surface area contributed by atoms with Gasteiger partial charge in [-0.05, 0) is 35.7 Å². The Morgan fingerprint density at radius 2 is 2.33 bits per heavy atom. The Bertz CT molecular complexity index is 555. The molecule has 8 heteroatoms. The summed E-state index contributed by atoms with van der Waals surface area (Å²) >= 11 is 1.66. The number of nitrogens with zero attached hydrogens (tertiary/aromatic N) is 2. The predicted octanol–water partition coefficient (Wildman–Crippen LogP) is 0.839. The van der Waals surface area contributed by atoms with E-state index < -0.39 is 10.0 Å². The van der Waals surface area contributed by atoms with Crippen molar-refractivity contribution in [1.29, 1.82) is 0 Å². The monoisotopic (exact) mass is 330 g/mol. The molecule has 1 aromatic heterocycles. The fourth-order valence-corrected chi connectivity index (χ4v) is 4.32. The summed E-state index contributed by atoms with van der Waals surface area (Å²) < 4.78 is 24.9. The van der Waals surface area contributed by atoms with Gasteiger partial charge in [-0.2, -0.15) is 11.3 Å². The summed E-state index contributed by atoms with van der Waals surface area (Å²) in [5.41, 5.74) is 1.18. The van der Waals surface area contributed by atoms with Crippen molar-refractivity contribution in [3.05, 3.63) is 22.4 Å². The van der Waals surface area contributed by atoms with Crippen molar-refractivity contribution in [2.24, 2.45) is 4.99 Å². The quantitative estimate of drug-likeness (QED) is 0.599. The van der Waals surface area contributed by atoms with E-state index in [1.807, 2.05) is 12.3 Å². The number of thiophene rings is 1. The maximum atomic E-state index is 11.7. The molecule has 0 atom stereocenters. The van der Waals surface area contributed by atoms with Crippen LogP contribution in [-0.2, 0) is 16.6 Å². The average Bonchev–Trinajstić information content (AvgIpc) is 3.06. The van der Waals surface area contributed by atoms with Crippen LogP contribution in [0.15, 0.2) is 21.8 Å². The molecule has 0 aromatic carbocycles. The van der Waals surface area contributed by atoms with Gasteiger partial charge in [0.15, 0.2) is 5.96 Å². The topological polar surface area (TPSA) is 73.8 Å². The number of nitrogens with one attached hydrogen (secondary N) is 2. The Morgan fingerprint density at radius 1 is 1.48 bits per heavy atom. The number of hydrogen-bond acceptors (Lipinski definition) is 4. The molecule has 6 nitrogen and oxygen atoms in total. The van der Waals surface area contributed by atoms with Crippen LogP contribution in [0, 0.1) is 0 Å². The lowest BCUT2D eigenvalue weighted by Gasteiger charge is -2.16. The number of hydrogen-bond donors (Lipinski definition) is 2. The summed E-state index contributed by atoms with van der Waals surface area (Å²) in [6.07, 6.45) is 0.731. The number of sulfonamides is 1. The predicted molar refractivity (Wildman–Crippen MR) is 87.1 cm³/mol. The van der Waals surface area contributed by atoms with E-state index in [0.717, 1.165) is 18.9 Å². The second-order valence-electron chi connectivity index (χ2n) is 4.82. The van der Waals surface area contributed by atoms with Crippen molar-refractivity contribution >= 4 is 27.3 Å². The van der Waals surface area contributed by atoms with E-state index in [-0.39, 0.29) is 5.75 Å². The molecule has 0 aliphatic carbocycles. The van der Waals surface area contributed by atoms with Gasteiger partial charge in [0, 0.05) is 26.2 Å². The smallest absolute Gasteiger partial charge is 0.214 e. The van der Waals surface area contributed by atoms with E-state index in [4.69, 9.17) is 0 Å². The standard InChI is InChI=1S/C13H22N4O2S2/c1-2-14-13(16-10-12-4-8-20-11-12)15-5-7-17-6-3-9-21(17,18)19/h4,8,11H,2-3,5-7,9-10H2,1H3,(H2,14,15,16). The first-order valence-corrected chi connectivity index (χ1v) is 9.68. The van der Waals surface area contributed by atoms with Crippen LogP contribution >= 0.6 is 11.3 Å². The molecule has 0 saturated carbocycles. The minimum absolute atomic E-state index is 0.277. The lowest BCUT2D eigenvalue weighted by molar-refractivity contribution is 0.445. The van der Waals surface area contributed by atoms with Crippen molar-refractivity contribution < 1.29 is 8.42 Å². The third-order valence-electron chi connectivity index (χ3n) is 3.20. The highest BCUT2D eigenvalue weighted by molar-refractivity contribution is 7.89. The van der Waals surface area contributed by atoms with E-state index >= 15 is 0 Å². The Balaban J connectivity index is 1.81. The maximum absolute atomic E-state index is 11.7. The van der Waals surface area contributed by atoms with Gasteiger partial charge in [0.2, 0.25) is 10.0 Å².